The Labute approximate surface area is 217 Å². The molecule has 0 radical (unpaired) electrons. The predicted molar refractivity (Wildman–Crippen MR) is 148 cm³/mol. The molecule has 1 N–H and O–H groups in total. The number of carboxylic acid groups (broad SMARTS) is 1. The van der Waals surface area contributed by atoms with Crippen molar-refractivity contribution in [2.24, 2.45) is 5.41 Å². The highest BCUT2D eigenvalue weighted by molar-refractivity contribution is 6.21. The van der Waals surface area contributed by atoms with Gasteiger partial charge in [0.25, 0.3) is 0 Å². The first-order valence-electron chi connectivity index (χ1n) is 15.2. The van der Waals surface area contributed by atoms with Crippen LogP contribution in [-0.2, 0) is 14.4 Å². The van der Waals surface area contributed by atoms with Gasteiger partial charge in [0.2, 0.25) is 0 Å². The molecule has 4 heteroatoms. The van der Waals surface area contributed by atoms with Gasteiger partial charge >= 0.3 is 5.97 Å². The number of aliphatic carboxylic acids is 1. The molecule has 0 rings (SSSR count). The second kappa shape index (κ2) is 23.2. The Morgan fingerprint density at radius 1 is 0.457 bits per heavy atom. The lowest BCUT2D eigenvalue weighted by molar-refractivity contribution is -0.158. The Morgan fingerprint density at radius 2 is 0.686 bits per heavy atom. The van der Waals surface area contributed by atoms with Crippen LogP contribution < -0.4 is 0 Å². The summed E-state index contributed by atoms with van der Waals surface area (Å²) >= 11 is 0. The van der Waals surface area contributed by atoms with Crippen molar-refractivity contribution in [2.45, 2.75) is 175 Å². The third-order valence-electron chi connectivity index (χ3n) is 7.56. The number of ketones is 2. The van der Waals surface area contributed by atoms with E-state index >= 15 is 0 Å². The van der Waals surface area contributed by atoms with E-state index < -0.39 is 23.0 Å². The minimum absolute atomic E-state index is 0.198. The van der Waals surface area contributed by atoms with Crippen LogP contribution in [0, 0.1) is 5.41 Å². The van der Waals surface area contributed by atoms with Crippen LogP contribution >= 0.6 is 0 Å². The van der Waals surface area contributed by atoms with Gasteiger partial charge in [-0.1, -0.05) is 142 Å². The molecule has 4 nitrogen and oxygen atoms in total. The molecular weight excluding hydrogens is 436 g/mol. The normalized spacial score (nSPS) is 11.6. The Kier molecular flexibility index (Phi) is 22.4. The van der Waals surface area contributed by atoms with E-state index in [-0.39, 0.29) is 12.8 Å². The maximum Gasteiger partial charge on any atom is 0.324 e. The molecular formula is C31H58O4. The maximum atomic E-state index is 12.7. The Bertz CT molecular complexity index is 502. The zero-order valence-electron chi connectivity index (χ0n) is 23.6. The molecule has 0 aliphatic rings. The van der Waals surface area contributed by atoms with E-state index in [1.54, 1.807) is 0 Å². The Hall–Kier alpha value is -1.19. The lowest BCUT2D eigenvalue weighted by atomic mass is 9.77. The number of rotatable bonds is 27. The SMILES string of the molecule is CCCCCCCCCCCCCC(=O)C(C)(C(=O)O)C(=O)CCCCCCCCCCCCC. The summed E-state index contributed by atoms with van der Waals surface area (Å²) in [6.45, 7) is 5.80. The molecule has 0 aliphatic heterocycles. The summed E-state index contributed by atoms with van der Waals surface area (Å²) in [4.78, 5) is 37.3. The molecule has 0 bridgehead atoms. The molecule has 0 heterocycles. The monoisotopic (exact) mass is 494 g/mol. The van der Waals surface area contributed by atoms with Gasteiger partial charge in [0.05, 0.1) is 0 Å². The van der Waals surface area contributed by atoms with Gasteiger partial charge < -0.3 is 5.11 Å². The van der Waals surface area contributed by atoms with E-state index in [1.807, 2.05) is 0 Å². The molecule has 0 atom stereocenters. The minimum atomic E-state index is -1.86. The standard InChI is InChI=1S/C31H58O4/c1-4-6-8-10-12-14-16-18-20-22-24-26-28(32)31(3,30(34)35)29(33)27-25-23-21-19-17-15-13-11-9-7-5-2/h4-27H2,1-3H3,(H,34,35). The first kappa shape index (κ1) is 33.8. The summed E-state index contributed by atoms with van der Waals surface area (Å²) in [5, 5.41) is 9.69. The van der Waals surface area contributed by atoms with Crippen molar-refractivity contribution in [3.8, 4) is 0 Å². The predicted octanol–water partition coefficient (Wildman–Crippen LogP) is 9.62. The van der Waals surface area contributed by atoms with Crippen molar-refractivity contribution < 1.29 is 19.5 Å². The number of hydrogen-bond donors (Lipinski definition) is 1. The van der Waals surface area contributed by atoms with Crippen molar-refractivity contribution in [1.82, 2.24) is 0 Å². The van der Waals surface area contributed by atoms with Crippen LogP contribution in [0.1, 0.15) is 175 Å². The molecule has 0 aromatic rings. The Morgan fingerprint density at radius 3 is 0.914 bits per heavy atom. The van der Waals surface area contributed by atoms with Crippen LogP contribution in [0.5, 0.6) is 0 Å². The highest BCUT2D eigenvalue weighted by Gasteiger charge is 2.46. The molecule has 0 unspecified atom stereocenters. The van der Waals surface area contributed by atoms with E-state index in [2.05, 4.69) is 13.8 Å². The van der Waals surface area contributed by atoms with Gasteiger partial charge in [0, 0.05) is 12.8 Å². The van der Waals surface area contributed by atoms with Gasteiger partial charge in [-0.3, -0.25) is 14.4 Å². The number of carbonyl (C=O) groups is 3. The fraction of sp³-hybridized carbons (Fsp3) is 0.903. The lowest BCUT2D eigenvalue weighted by Crippen LogP contribution is -2.43. The summed E-state index contributed by atoms with van der Waals surface area (Å²) in [6, 6.07) is 0. The van der Waals surface area contributed by atoms with Gasteiger partial charge in [-0.2, -0.15) is 0 Å². The average molecular weight is 495 g/mol. The van der Waals surface area contributed by atoms with E-state index in [0.29, 0.717) is 12.8 Å². The average Bonchev–Trinajstić information content (AvgIpc) is 2.84. The third kappa shape index (κ3) is 17.0. The number of hydrogen-bond acceptors (Lipinski definition) is 3. The highest BCUT2D eigenvalue weighted by Crippen LogP contribution is 2.26. The van der Waals surface area contributed by atoms with Gasteiger partial charge in [-0.05, 0) is 19.8 Å². The summed E-state index contributed by atoms with van der Waals surface area (Å²) < 4.78 is 0. The van der Waals surface area contributed by atoms with Gasteiger partial charge in [-0.15, -0.1) is 0 Å². The van der Waals surface area contributed by atoms with E-state index in [0.717, 1.165) is 25.7 Å². The van der Waals surface area contributed by atoms with Crippen LogP contribution in [-0.4, -0.2) is 22.6 Å². The summed E-state index contributed by atoms with van der Waals surface area (Å²) in [5.74, 6) is -2.10. The zero-order chi connectivity index (χ0) is 26.2. The molecule has 0 saturated heterocycles. The number of Topliss-reactive ketones (excluding diaryl/α,β-unsaturated/α-hetero) is 2. The van der Waals surface area contributed by atoms with Gasteiger partial charge in [-0.25, -0.2) is 0 Å². The third-order valence-corrected chi connectivity index (χ3v) is 7.56. The quantitative estimate of drug-likeness (QED) is 0.0911. The topological polar surface area (TPSA) is 71.4 Å². The van der Waals surface area contributed by atoms with Crippen LogP contribution in [0.25, 0.3) is 0 Å². The van der Waals surface area contributed by atoms with Crippen LogP contribution in [0.4, 0.5) is 0 Å². The fourth-order valence-corrected chi connectivity index (χ4v) is 4.79. The number of unbranched alkanes of at least 4 members (excludes halogenated alkanes) is 20. The molecule has 0 amide bonds. The highest BCUT2D eigenvalue weighted by atomic mass is 16.4. The van der Waals surface area contributed by atoms with Crippen molar-refractivity contribution >= 4 is 17.5 Å². The summed E-state index contributed by atoms with van der Waals surface area (Å²) in [6.07, 6.45) is 26.4. The second-order valence-electron chi connectivity index (χ2n) is 10.8. The first-order valence-corrected chi connectivity index (χ1v) is 15.2. The Balaban J connectivity index is 3.97. The number of carboxylic acids is 1. The van der Waals surface area contributed by atoms with Crippen molar-refractivity contribution in [2.75, 3.05) is 0 Å². The van der Waals surface area contributed by atoms with Gasteiger partial charge in [0.1, 0.15) is 0 Å². The summed E-state index contributed by atoms with van der Waals surface area (Å²) in [7, 11) is 0. The first-order chi connectivity index (χ1) is 16.9. The molecule has 0 saturated carbocycles. The number of carbonyl (C=O) groups excluding carboxylic acids is 2. The van der Waals surface area contributed by atoms with E-state index in [4.69, 9.17) is 0 Å². The van der Waals surface area contributed by atoms with Crippen molar-refractivity contribution in [3.63, 3.8) is 0 Å². The maximum absolute atomic E-state index is 12.7. The molecule has 35 heavy (non-hydrogen) atoms. The van der Waals surface area contributed by atoms with Crippen molar-refractivity contribution in [1.29, 1.82) is 0 Å². The fourth-order valence-electron chi connectivity index (χ4n) is 4.79. The second-order valence-corrected chi connectivity index (χ2v) is 10.8. The zero-order valence-corrected chi connectivity index (χ0v) is 23.6. The molecule has 0 fully saturated rings. The summed E-state index contributed by atoms with van der Waals surface area (Å²) in [5.41, 5.74) is -1.86. The van der Waals surface area contributed by atoms with Crippen LogP contribution in [0.15, 0.2) is 0 Å². The smallest absolute Gasteiger partial charge is 0.324 e. The molecule has 0 aromatic carbocycles. The van der Waals surface area contributed by atoms with Gasteiger partial charge in [0.15, 0.2) is 17.0 Å². The van der Waals surface area contributed by atoms with E-state index in [9.17, 15) is 19.5 Å². The van der Waals surface area contributed by atoms with Crippen molar-refractivity contribution in [3.05, 3.63) is 0 Å². The molecule has 0 aliphatic carbocycles. The van der Waals surface area contributed by atoms with E-state index in [1.165, 1.54) is 110 Å². The largest absolute Gasteiger partial charge is 0.480 e. The molecule has 0 aromatic heterocycles. The van der Waals surface area contributed by atoms with Crippen LogP contribution in [0.3, 0.4) is 0 Å². The minimum Gasteiger partial charge on any atom is -0.480 e. The lowest BCUT2D eigenvalue weighted by Gasteiger charge is -2.22. The molecule has 0 spiro atoms. The van der Waals surface area contributed by atoms with Crippen LogP contribution in [0.2, 0.25) is 0 Å². The molecule has 206 valence electrons.